The summed E-state index contributed by atoms with van der Waals surface area (Å²) in [5.41, 5.74) is 1.38. The minimum atomic E-state index is -0.252. The Balaban J connectivity index is 2.22. The Morgan fingerprint density at radius 3 is 2.76 bits per heavy atom. The molecular weight excluding hydrogens is 257 g/mol. The molecule has 0 unspecified atom stereocenters. The van der Waals surface area contributed by atoms with Gasteiger partial charge in [0.25, 0.3) is 0 Å². The van der Waals surface area contributed by atoms with E-state index in [1.54, 1.807) is 24.3 Å². The van der Waals surface area contributed by atoms with Crippen molar-refractivity contribution in [3.05, 3.63) is 53.3 Å². The number of thiazole rings is 1. The molecule has 0 aliphatic carbocycles. The summed E-state index contributed by atoms with van der Waals surface area (Å²) in [6.07, 6.45) is 0. The number of hydrogen-bond donors (Lipinski definition) is 0. The quantitative estimate of drug-likeness (QED) is 0.617. The Morgan fingerprint density at radius 1 is 1.12 bits per heavy atom. The van der Waals surface area contributed by atoms with Crippen molar-refractivity contribution in [3.63, 3.8) is 0 Å². The second-order valence-corrected chi connectivity index (χ2v) is 5.08. The van der Waals surface area contributed by atoms with E-state index in [9.17, 15) is 4.39 Å². The van der Waals surface area contributed by atoms with E-state index in [2.05, 4.69) is 4.98 Å². The van der Waals surface area contributed by atoms with Gasteiger partial charge in [-0.2, -0.15) is 0 Å². The van der Waals surface area contributed by atoms with Gasteiger partial charge in [0.2, 0.25) is 0 Å². The standard InChI is InChI=1S/C13H7ClFNS/c14-8-5-6-11-12(7-8)17-13(16-11)9-3-1-2-4-10(9)15/h1-7H. The van der Waals surface area contributed by atoms with E-state index in [0.717, 1.165) is 10.2 Å². The minimum Gasteiger partial charge on any atom is -0.236 e. The number of rotatable bonds is 1. The highest BCUT2D eigenvalue weighted by atomic mass is 35.5. The molecule has 3 rings (SSSR count). The lowest BCUT2D eigenvalue weighted by molar-refractivity contribution is 0.631. The van der Waals surface area contributed by atoms with Gasteiger partial charge in [0.15, 0.2) is 0 Å². The third kappa shape index (κ3) is 1.92. The molecule has 0 spiro atoms. The van der Waals surface area contributed by atoms with Crippen LogP contribution in [-0.2, 0) is 0 Å². The average Bonchev–Trinajstić information content (AvgIpc) is 2.72. The first-order valence-electron chi connectivity index (χ1n) is 5.05. The van der Waals surface area contributed by atoms with Gasteiger partial charge in [-0.25, -0.2) is 9.37 Å². The molecule has 1 aromatic heterocycles. The van der Waals surface area contributed by atoms with Crippen LogP contribution in [0.25, 0.3) is 20.8 Å². The third-order valence-electron chi connectivity index (χ3n) is 2.45. The zero-order valence-corrected chi connectivity index (χ0v) is 10.2. The fraction of sp³-hybridized carbons (Fsp3) is 0. The first-order chi connectivity index (χ1) is 8.24. The Morgan fingerprint density at radius 2 is 1.94 bits per heavy atom. The molecule has 0 fully saturated rings. The molecule has 4 heteroatoms. The minimum absolute atomic E-state index is 0.252. The molecule has 2 aromatic carbocycles. The number of nitrogens with zero attached hydrogens (tertiary/aromatic N) is 1. The van der Waals surface area contributed by atoms with Gasteiger partial charge in [-0.05, 0) is 30.3 Å². The second-order valence-electron chi connectivity index (χ2n) is 3.61. The summed E-state index contributed by atoms with van der Waals surface area (Å²) in [7, 11) is 0. The van der Waals surface area contributed by atoms with Gasteiger partial charge in [-0.3, -0.25) is 0 Å². The molecule has 0 aliphatic rings. The van der Waals surface area contributed by atoms with Gasteiger partial charge in [-0.15, -0.1) is 11.3 Å². The first-order valence-corrected chi connectivity index (χ1v) is 6.24. The van der Waals surface area contributed by atoms with E-state index in [0.29, 0.717) is 15.6 Å². The summed E-state index contributed by atoms with van der Waals surface area (Å²) in [5, 5.41) is 1.35. The third-order valence-corrected chi connectivity index (χ3v) is 3.74. The van der Waals surface area contributed by atoms with Crippen LogP contribution in [0, 0.1) is 5.82 Å². The second kappa shape index (κ2) is 4.09. The zero-order chi connectivity index (χ0) is 11.8. The Kier molecular flexibility index (Phi) is 2.57. The smallest absolute Gasteiger partial charge is 0.133 e. The summed E-state index contributed by atoms with van der Waals surface area (Å²) in [6, 6.07) is 12.1. The molecule has 17 heavy (non-hydrogen) atoms. The molecule has 0 N–H and O–H groups in total. The molecule has 0 saturated heterocycles. The molecular formula is C13H7ClFNS. The summed E-state index contributed by atoms with van der Waals surface area (Å²) in [6.45, 7) is 0. The molecule has 0 amide bonds. The molecule has 0 saturated carbocycles. The molecule has 0 bridgehead atoms. The highest BCUT2D eigenvalue weighted by Crippen LogP contribution is 2.32. The van der Waals surface area contributed by atoms with Gasteiger partial charge in [0, 0.05) is 10.6 Å². The molecule has 0 aliphatic heterocycles. The van der Waals surface area contributed by atoms with Crippen LogP contribution in [0.4, 0.5) is 4.39 Å². The van der Waals surface area contributed by atoms with E-state index in [4.69, 9.17) is 11.6 Å². The lowest BCUT2D eigenvalue weighted by Crippen LogP contribution is -1.81. The fourth-order valence-electron chi connectivity index (χ4n) is 1.65. The largest absolute Gasteiger partial charge is 0.236 e. The Labute approximate surface area is 106 Å². The van der Waals surface area contributed by atoms with Crippen LogP contribution >= 0.6 is 22.9 Å². The fourth-order valence-corrected chi connectivity index (χ4v) is 2.92. The topological polar surface area (TPSA) is 12.9 Å². The van der Waals surface area contributed by atoms with Gasteiger partial charge >= 0.3 is 0 Å². The predicted octanol–water partition coefficient (Wildman–Crippen LogP) is 4.76. The summed E-state index contributed by atoms with van der Waals surface area (Å²) < 4.78 is 14.6. The van der Waals surface area contributed by atoms with Gasteiger partial charge < -0.3 is 0 Å². The number of hydrogen-bond acceptors (Lipinski definition) is 2. The SMILES string of the molecule is Fc1ccccc1-c1nc2ccc(Cl)cc2s1. The van der Waals surface area contributed by atoms with Crippen LogP contribution in [0.5, 0.6) is 0 Å². The maximum atomic E-state index is 13.6. The highest BCUT2D eigenvalue weighted by Gasteiger charge is 2.10. The van der Waals surface area contributed by atoms with Crippen LogP contribution in [0.3, 0.4) is 0 Å². The Bertz CT molecular complexity index is 693. The lowest BCUT2D eigenvalue weighted by atomic mass is 10.2. The normalized spacial score (nSPS) is 10.9. The van der Waals surface area contributed by atoms with E-state index in [1.807, 2.05) is 12.1 Å². The summed E-state index contributed by atoms with van der Waals surface area (Å²) in [4.78, 5) is 4.40. The van der Waals surface area contributed by atoms with Crippen molar-refractivity contribution in [2.75, 3.05) is 0 Å². The van der Waals surface area contributed by atoms with Gasteiger partial charge in [0.05, 0.1) is 10.2 Å². The van der Waals surface area contributed by atoms with Crippen LogP contribution in [0.1, 0.15) is 0 Å². The van der Waals surface area contributed by atoms with Crippen LogP contribution in [0.15, 0.2) is 42.5 Å². The molecule has 0 atom stereocenters. The highest BCUT2D eigenvalue weighted by molar-refractivity contribution is 7.21. The van der Waals surface area contributed by atoms with E-state index in [1.165, 1.54) is 17.4 Å². The van der Waals surface area contributed by atoms with Crippen molar-refractivity contribution in [3.8, 4) is 10.6 Å². The number of halogens is 2. The van der Waals surface area contributed by atoms with Crippen molar-refractivity contribution in [1.29, 1.82) is 0 Å². The van der Waals surface area contributed by atoms with Crippen LogP contribution in [0.2, 0.25) is 5.02 Å². The average molecular weight is 264 g/mol. The molecule has 0 radical (unpaired) electrons. The molecule has 1 nitrogen and oxygen atoms in total. The van der Waals surface area contributed by atoms with Gasteiger partial charge in [0.1, 0.15) is 10.8 Å². The summed E-state index contributed by atoms with van der Waals surface area (Å²) >= 11 is 7.35. The number of fused-ring (bicyclic) bond motifs is 1. The van der Waals surface area contributed by atoms with Crippen molar-refractivity contribution < 1.29 is 4.39 Å². The van der Waals surface area contributed by atoms with Crippen molar-refractivity contribution >= 4 is 33.2 Å². The molecule has 3 aromatic rings. The van der Waals surface area contributed by atoms with Crippen molar-refractivity contribution in [1.82, 2.24) is 4.98 Å². The molecule has 1 heterocycles. The lowest BCUT2D eigenvalue weighted by Gasteiger charge is -1.96. The monoisotopic (exact) mass is 263 g/mol. The maximum Gasteiger partial charge on any atom is 0.133 e. The van der Waals surface area contributed by atoms with E-state index >= 15 is 0 Å². The number of aromatic nitrogens is 1. The van der Waals surface area contributed by atoms with Gasteiger partial charge in [-0.1, -0.05) is 23.7 Å². The zero-order valence-electron chi connectivity index (χ0n) is 8.65. The number of benzene rings is 2. The van der Waals surface area contributed by atoms with Crippen molar-refractivity contribution in [2.45, 2.75) is 0 Å². The van der Waals surface area contributed by atoms with E-state index < -0.39 is 0 Å². The predicted molar refractivity (Wildman–Crippen MR) is 70.0 cm³/mol. The van der Waals surface area contributed by atoms with Crippen LogP contribution < -0.4 is 0 Å². The first kappa shape index (κ1) is 10.7. The maximum absolute atomic E-state index is 13.6. The van der Waals surface area contributed by atoms with E-state index in [-0.39, 0.29) is 5.82 Å². The van der Waals surface area contributed by atoms with Crippen molar-refractivity contribution in [2.24, 2.45) is 0 Å². The summed E-state index contributed by atoms with van der Waals surface area (Å²) in [5.74, 6) is -0.252. The Hall–Kier alpha value is -1.45. The van der Waals surface area contributed by atoms with Crippen LogP contribution in [-0.4, -0.2) is 4.98 Å². The molecule has 84 valence electrons.